The van der Waals surface area contributed by atoms with Gasteiger partial charge in [0.25, 0.3) is 11.8 Å². The minimum atomic E-state index is -4.75. The lowest BCUT2D eigenvalue weighted by molar-refractivity contribution is -0.154. The van der Waals surface area contributed by atoms with E-state index in [0.717, 1.165) is 11.0 Å². The molecule has 12 heteroatoms. The first-order valence-electron chi connectivity index (χ1n) is 10.3. The van der Waals surface area contributed by atoms with Crippen LogP contribution in [0.3, 0.4) is 0 Å². The third kappa shape index (κ3) is 5.15. The number of hydrogen-bond acceptors (Lipinski definition) is 7. The summed E-state index contributed by atoms with van der Waals surface area (Å²) in [5.74, 6) is -3.60. The van der Waals surface area contributed by atoms with Crippen molar-refractivity contribution in [3.05, 3.63) is 34.3 Å². The van der Waals surface area contributed by atoms with Gasteiger partial charge in [-0.2, -0.15) is 13.2 Å². The molecule has 3 heterocycles. The topological polar surface area (TPSA) is 117 Å². The number of halogens is 3. The second-order valence-corrected chi connectivity index (χ2v) is 8.89. The van der Waals surface area contributed by atoms with E-state index in [2.05, 4.69) is 10.6 Å². The van der Waals surface area contributed by atoms with Crippen molar-refractivity contribution in [3.63, 3.8) is 0 Å². The number of carbonyl (C=O) groups is 3. The van der Waals surface area contributed by atoms with E-state index in [4.69, 9.17) is 9.47 Å². The van der Waals surface area contributed by atoms with Gasteiger partial charge in [0.15, 0.2) is 0 Å². The molecule has 1 fully saturated rings. The average molecular weight is 473 g/mol. The molecule has 2 amide bonds. The summed E-state index contributed by atoms with van der Waals surface area (Å²) in [6, 6.07) is 0. The summed E-state index contributed by atoms with van der Waals surface area (Å²) >= 11 is 0. The van der Waals surface area contributed by atoms with Crippen LogP contribution >= 0.6 is 0 Å². The van der Waals surface area contributed by atoms with Crippen LogP contribution in [-0.2, 0) is 23.9 Å². The molecule has 0 aromatic heterocycles. The minimum absolute atomic E-state index is 0.0852. The highest BCUT2D eigenvalue weighted by Gasteiger charge is 2.47. The van der Waals surface area contributed by atoms with E-state index >= 15 is 0 Å². The first-order chi connectivity index (χ1) is 15.2. The third-order valence-corrected chi connectivity index (χ3v) is 5.21. The largest absolute Gasteiger partial charge is 0.506 e. The highest BCUT2D eigenvalue weighted by Crippen LogP contribution is 2.39. The molecule has 1 saturated heterocycles. The standard InChI is InChI=1S/C21H26F3N3O6/c1-20(2,3)33-13(28)9-25-18(30)14-15(29)11-8-10(12-6-5-7-32-12)16(21(22,23)24)26-17(11)27(4)19(14)31/h8,12,17,26,29H,5-7,9H2,1-4H3,(H,25,30)/t12-,17+/m1/s1. The van der Waals surface area contributed by atoms with Gasteiger partial charge in [-0.1, -0.05) is 0 Å². The van der Waals surface area contributed by atoms with Crippen LogP contribution in [0, 0.1) is 0 Å². The molecule has 0 bridgehead atoms. The van der Waals surface area contributed by atoms with Crippen molar-refractivity contribution in [2.75, 3.05) is 20.2 Å². The number of alkyl halides is 3. The van der Waals surface area contributed by atoms with Crippen LogP contribution in [-0.4, -0.2) is 72.0 Å². The van der Waals surface area contributed by atoms with Crippen LogP contribution in [0.1, 0.15) is 33.6 Å². The van der Waals surface area contributed by atoms with Crippen LogP contribution in [0.15, 0.2) is 34.3 Å². The Kier molecular flexibility index (Phi) is 6.51. The van der Waals surface area contributed by atoms with Crippen LogP contribution in [0.2, 0.25) is 0 Å². The van der Waals surface area contributed by atoms with E-state index in [-0.39, 0.29) is 11.1 Å². The second kappa shape index (κ2) is 8.73. The first kappa shape index (κ1) is 24.6. The number of likely N-dealkylation sites (N-methyl/N-ethyl adjacent to an activating group) is 1. The molecule has 9 nitrogen and oxygen atoms in total. The van der Waals surface area contributed by atoms with Crippen molar-refractivity contribution >= 4 is 17.8 Å². The Hall–Kier alpha value is -3.02. The molecule has 0 spiro atoms. The summed E-state index contributed by atoms with van der Waals surface area (Å²) in [6.45, 7) is 4.64. The quantitative estimate of drug-likeness (QED) is 0.419. The summed E-state index contributed by atoms with van der Waals surface area (Å²) < 4.78 is 51.7. The predicted octanol–water partition coefficient (Wildman–Crippen LogP) is 1.58. The molecular weight excluding hydrogens is 447 g/mol. The van der Waals surface area contributed by atoms with Gasteiger partial charge in [0, 0.05) is 24.8 Å². The molecule has 3 rings (SSSR count). The zero-order valence-corrected chi connectivity index (χ0v) is 18.6. The van der Waals surface area contributed by atoms with Crippen molar-refractivity contribution in [1.29, 1.82) is 0 Å². The van der Waals surface area contributed by atoms with E-state index in [1.54, 1.807) is 20.8 Å². The fourth-order valence-corrected chi connectivity index (χ4v) is 3.80. The monoisotopic (exact) mass is 473 g/mol. The lowest BCUT2D eigenvalue weighted by Gasteiger charge is -2.40. The van der Waals surface area contributed by atoms with Gasteiger partial charge in [-0.3, -0.25) is 14.4 Å². The molecule has 182 valence electrons. The Balaban J connectivity index is 1.95. The lowest BCUT2D eigenvalue weighted by Crippen LogP contribution is -2.56. The molecular formula is C21H26F3N3O6. The average Bonchev–Trinajstić information content (AvgIpc) is 3.22. The molecule has 0 radical (unpaired) electrons. The third-order valence-electron chi connectivity index (χ3n) is 5.21. The SMILES string of the molecule is CN1C(=O)C(C(=O)NCC(=O)OC(C)(C)C)=C(O)C2=CC([C@H]3CCCO3)=C(C(F)(F)F)N[C@H]21. The Morgan fingerprint density at radius 2 is 2.00 bits per heavy atom. The number of nitrogens with zero attached hydrogens (tertiary/aromatic N) is 1. The normalized spacial score (nSPS) is 23.8. The lowest BCUT2D eigenvalue weighted by atomic mass is 9.90. The maximum atomic E-state index is 13.7. The van der Waals surface area contributed by atoms with Crippen molar-refractivity contribution in [2.45, 2.75) is 57.7 Å². The molecule has 0 aliphatic carbocycles. The van der Waals surface area contributed by atoms with Gasteiger partial charge in [0.2, 0.25) is 0 Å². The van der Waals surface area contributed by atoms with E-state index in [1.807, 2.05) is 0 Å². The first-order valence-corrected chi connectivity index (χ1v) is 10.3. The van der Waals surface area contributed by atoms with Gasteiger partial charge in [0.05, 0.1) is 6.10 Å². The Morgan fingerprint density at radius 3 is 2.55 bits per heavy atom. The summed E-state index contributed by atoms with van der Waals surface area (Å²) in [7, 11) is 1.20. The number of fused-ring (bicyclic) bond motifs is 1. The predicted molar refractivity (Wildman–Crippen MR) is 108 cm³/mol. The van der Waals surface area contributed by atoms with Crippen LogP contribution in [0.4, 0.5) is 13.2 Å². The molecule has 3 N–H and O–H groups in total. The summed E-state index contributed by atoms with van der Waals surface area (Å²) in [5.41, 5.74) is -2.84. The number of ether oxygens (including phenoxy) is 2. The number of hydrogen-bond donors (Lipinski definition) is 3. The van der Waals surface area contributed by atoms with Gasteiger partial charge >= 0.3 is 12.1 Å². The van der Waals surface area contributed by atoms with Crippen LogP contribution in [0.5, 0.6) is 0 Å². The molecule has 0 saturated carbocycles. The number of esters is 1. The Bertz CT molecular complexity index is 955. The summed E-state index contributed by atoms with van der Waals surface area (Å²) in [4.78, 5) is 38.1. The van der Waals surface area contributed by atoms with Gasteiger partial charge in [0.1, 0.15) is 35.3 Å². The number of nitrogens with one attached hydrogen (secondary N) is 2. The van der Waals surface area contributed by atoms with Crippen molar-refractivity contribution in [1.82, 2.24) is 15.5 Å². The number of allylic oxidation sites excluding steroid dienone is 1. The molecule has 0 aromatic carbocycles. The highest BCUT2D eigenvalue weighted by molar-refractivity contribution is 6.20. The second-order valence-electron chi connectivity index (χ2n) is 8.89. The van der Waals surface area contributed by atoms with E-state index in [0.29, 0.717) is 19.4 Å². The fourth-order valence-electron chi connectivity index (χ4n) is 3.80. The molecule has 3 aliphatic rings. The van der Waals surface area contributed by atoms with E-state index in [1.165, 1.54) is 7.05 Å². The van der Waals surface area contributed by atoms with E-state index < -0.39 is 65.4 Å². The Morgan fingerprint density at radius 1 is 1.33 bits per heavy atom. The van der Waals surface area contributed by atoms with Crippen molar-refractivity contribution in [3.8, 4) is 0 Å². The fraction of sp³-hybridized carbons (Fsp3) is 0.571. The number of aliphatic hydroxyl groups is 1. The van der Waals surface area contributed by atoms with Gasteiger partial charge < -0.3 is 30.1 Å². The van der Waals surface area contributed by atoms with Gasteiger partial charge in [-0.15, -0.1) is 0 Å². The van der Waals surface area contributed by atoms with Gasteiger partial charge in [-0.25, -0.2) is 0 Å². The molecule has 0 unspecified atom stereocenters. The van der Waals surface area contributed by atoms with Gasteiger partial charge in [-0.05, 0) is 39.7 Å². The maximum absolute atomic E-state index is 13.7. The number of carbonyl (C=O) groups excluding carboxylic acids is 3. The number of amides is 2. The van der Waals surface area contributed by atoms with E-state index in [9.17, 15) is 32.7 Å². The van der Waals surface area contributed by atoms with Crippen LogP contribution < -0.4 is 10.6 Å². The number of aliphatic hydroxyl groups excluding tert-OH is 1. The minimum Gasteiger partial charge on any atom is -0.506 e. The van der Waals surface area contributed by atoms with Crippen LogP contribution in [0.25, 0.3) is 0 Å². The zero-order valence-electron chi connectivity index (χ0n) is 18.6. The number of rotatable bonds is 4. The molecule has 2 atom stereocenters. The number of dihydropyridines is 1. The smallest absolute Gasteiger partial charge is 0.431 e. The summed E-state index contributed by atoms with van der Waals surface area (Å²) in [5, 5.41) is 15.2. The summed E-state index contributed by atoms with van der Waals surface area (Å²) in [6.07, 6.45) is -4.90. The molecule has 3 aliphatic heterocycles. The Labute approximate surface area is 188 Å². The zero-order chi connectivity index (χ0) is 24.7. The van der Waals surface area contributed by atoms with Crippen molar-refractivity contribution in [2.24, 2.45) is 0 Å². The molecule has 0 aromatic rings. The highest BCUT2D eigenvalue weighted by atomic mass is 19.4. The molecule has 33 heavy (non-hydrogen) atoms. The van der Waals surface area contributed by atoms with Crippen molar-refractivity contribution < 1.29 is 42.1 Å². The maximum Gasteiger partial charge on any atom is 0.431 e.